The van der Waals surface area contributed by atoms with Crippen LogP contribution in [0.25, 0.3) is 0 Å². The maximum atomic E-state index is 11.1. The number of hydrogen-bond donors (Lipinski definition) is 1. The Hall–Kier alpha value is -0.840. The van der Waals surface area contributed by atoms with Crippen LogP contribution in [0.5, 0.6) is 0 Å². The monoisotopic (exact) mass is 241 g/mol. The first-order chi connectivity index (χ1) is 7.75. The quantitative estimate of drug-likeness (QED) is 0.852. The molecule has 0 saturated heterocycles. The lowest BCUT2D eigenvalue weighted by atomic mass is 10.2. The molecule has 0 radical (unpaired) electrons. The molecule has 16 heavy (non-hydrogen) atoms. The summed E-state index contributed by atoms with van der Waals surface area (Å²) in [6.45, 7) is 0.776. The van der Waals surface area contributed by atoms with E-state index >= 15 is 0 Å². The van der Waals surface area contributed by atoms with Crippen LogP contribution < -0.4 is 5.32 Å². The molecule has 1 atom stereocenters. The second kappa shape index (κ2) is 5.48. The van der Waals surface area contributed by atoms with Crippen molar-refractivity contribution in [2.45, 2.75) is 38.3 Å². The number of aromatic nitrogens is 2. The van der Waals surface area contributed by atoms with E-state index in [4.69, 9.17) is 0 Å². The third-order valence-corrected chi connectivity index (χ3v) is 3.78. The normalized spacial score (nSPS) is 18.8. The first-order valence-electron chi connectivity index (χ1n) is 5.83. The Morgan fingerprint density at radius 1 is 1.56 bits per heavy atom. The molecule has 90 valence electrons. The summed E-state index contributed by atoms with van der Waals surface area (Å²) >= 11 is 0. The fraction of sp³-hybridized carbons (Fsp3) is 0.727. The Labute approximate surface area is 98.9 Å². The molecule has 1 unspecified atom stereocenters. The van der Waals surface area contributed by atoms with Gasteiger partial charge in [0.15, 0.2) is 0 Å². The Bertz CT molecular complexity index is 358. The molecule has 1 aliphatic carbocycles. The molecule has 0 amide bonds. The van der Waals surface area contributed by atoms with Gasteiger partial charge in [-0.05, 0) is 12.8 Å². The summed E-state index contributed by atoms with van der Waals surface area (Å²) in [7, 11) is -0.739. The predicted octanol–water partition coefficient (Wildman–Crippen LogP) is 1.62. The van der Waals surface area contributed by atoms with Gasteiger partial charge >= 0.3 is 0 Å². The van der Waals surface area contributed by atoms with Crippen LogP contribution in [0, 0.1) is 0 Å². The molecule has 1 fully saturated rings. The van der Waals surface area contributed by atoms with Gasteiger partial charge in [-0.2, -0.15) is 0 Å². The standard InChI is InChI=1S/C11H19N3OS/c1-16(15)9-8-14-7-6-12-11(14)13-10-4-2-3-5-10/h6-7,10H,2-5,8-9H2,1H3,(H,12,13). The van der Waals surface area contributed by atoms with Crippen LogP contribution in [-0.2, 0) is 17.3 Å². The molecule has 1 heterocycles. The maximum Gasteiger partial charge on any atom is 0.203 e. The lowest BCUT2D eigenvalue weighted by Gasteiger charge is -2.14. The molecule has 0 aliphatic heterocycles. The molecule has 1 aromatic heterocycles. The van der Waals surface area contributed by atoms with Gasteiger partial charge in [-0.3, -0.25) is 4.21 Å². The number of hydrogen-bond acceptors (Lipinski definition) is 3. The molecule has 2 rings (SSSR count). The summed E-state index contributed by atoms with van der Waals surface area (Å²) in [6.07, 6.45) is 10.6. The van der Waals surface area contributed by atoms with E-state index < -0.39 is 10.8 Å². The van der Waals surface area contributed by atoms with Crippen LogP contribution in [0.1, 0.15) is 25.7 Å². The highest BCUT2D eigenvalue weighted by Gasteiger charge is 2.16. The van der Waals surface area contributed by atoms with Crippen molar-refractivity contribution in [3.05, 3.63) is 12.4 Å². The van der Waals surface area contributed by atoms with Gasteiger partial charge in [0.25, 0.3) is 0 Å². The van der Waals surface area contributed by atoms with E-state index in [1.54, 1.807) is 12.5 Å². The Kier molecular flexibility index (Phi) is 3.98. The minimum Gasteiger partial charge on any atom is -0.353 e. The van der Waals surface area contributed by atoms with Crippen LogP contribution >= 0.6 is 0 Å². The average Bonchev–Trinajstić information content (AvgIpc) is 2.87. The number of imidazole rings is 1. The van der Waals surface area contributed by atoms with E-state index in [0.717, 1.165) is 12.5 Å². The third kappa shape index (κ3) is 3.07. The topological polar surface area (TPSA) is 46.9 Å². The molecule has 5 heteroatoms. The molecule has 1 aliphatic rings. The molecular formula is C11H19N3OS. The van der Waals surface area contributed by atoms with E-state index in [0.29, 0.717) is 11.8 Å². The van der Waals surface area contributed by atoms with Crippen molar-refractivity contribution in [1.82, 2.24) is 9.55 Å². The highest BCUT2D eigenvalue weighted by Crippen LogP contribution is 2.21. The van der Waals surface area contributed by atoms with Crippen molar-refractivity contribution in [3.8, 4) is 0 Å². The smallest absolute Gasteiger partial charge is 0.203 e. The first kappa shape index (κ1) is 11.6. The lowest BCUT2D eigenvalue weighted by molar-refractivity contribution is 0.674. The van der Waals surface area contributed by atoms with E-state index in [1.165, 1.54) is 25.7 Å². The number of anilines is 1. The van der Waals surface area contributed by atoms with Crippen molar-refractivity contribution in [3.63, 3.8) is 0 Å². The molecule has 0 spiro atoms. The summed E-state index contributed by atoms with van der Waals surface area (Å²) < 4.78 is 13.1. The van der Waals surface area contributed by atoms with E-state index in [9.17, 15) is 4.21 Å². The van der Waals surface area contributed by atoms with Gasteiger partial charge in [0.2, 0.25) is 5.95 Å². The zero-order valence-electron chi connectivity index (χ0n) is 9.69. The fourth-order valence-electron chi connectivity index (χ4n) is 2.11. The van der Waals surface area contributed by atoms with Gasteiger partial charge in [-0.1, -0.05) is 12.8 Å². The first-order valence-corrected chi connectivity index (χ1v) is 7.56. The molecule has 1 aromatic rings. The van der Waals surface area contributed by atoms with Crippen LogP contribution in [0.15, 0.2) is 12.4 Å². The SMILES string of the molecule is CS(=O)CCn1ccnc1NC1CCCC1. The van der Waals surface area contributed by atoms with Gasteiger partial charge < -0.3 is 9.88 Å². The van der Waals surface area contributed by atoms with Crippen molar-refractivity contribution in [2.24, 2.45) is 0 Å². The van der Waals surface area contributed by atoms with Crippen molar-refractivity contribution < 1.29 is 4.21 Å². The highest BCUT2D eigenvalue weighted by atomic mass is 32.2. The van der Waals surface area contributed by atoms with E-state index in [2.05, 4.69) is 14.9 Å². The summed E-state index contributed by atoms with van der Waals surface area (Å²) in [5.41, 5.74) is 0. The van der Waals surface area contributed by atoms with Crippen molar-refractivity contribution >= 4 is 16.7 Å². The molecule has 4 nitrogen and oxygen atoms in total. The molecular weight excluding hydrogens is 222 g/mol. The minimum atomic E-state index is -0.739. The minimum absolute atomic E-state index is 0.577. The summed E-state index contributed by atoms with van der Waals surface area (Å²) in [5, 5.41) is 3.47. The van der Waals surface area contributed by atoms with Crippen molar-refractivity contribution in [2.75, 3.05) is 17.3 Å². The molecule has 0 bridgehead atoms. The van der Waals surface area contributed by atoms with Gasteiger partial charge in [0, 0.05) is 47.8 Å². The van der Waals surface area contributed by atoms with Gasteiger partial charge in [-0.25, -0.2) is 4.98 Å². The van der Waals surface area contributed by atoms with Crippen molar-refractivity contribution in [1.29, 1.82) is 0 Å². The summed E-state index contributed by atoms with van der Waals surface area (Å²) in [5.74, 6) is 1.62. The van der Waals surface area contributed by atoms with Gasteiger partial charge in [0.05, 0.1) is 0 Å². The third-order valence-electron chi connectivity index (χ3n) is 3.02. The predicted molar refractivity (Wildman–Crippen MR) is 67.0 cm³/mol. The van der Waals surface area contributed by atoms with Gasteiger partial charge in [-0.15, -0.1) is 0 Å². The summed E-state index contributed by atoms with van der Waals surface area (Å²) in [6, 6.07) is 0.577. The molecule has 1 N–H and O–H groups in total. The zero-order chi connectivity index (χ0) is 11.4. The second-order valence-corrected chi connectivity index (χ2v) is 5.90. The lowest BCUT2D eigenvalue weighted by Crippen LogP contribution is -2.19. The number of aryl methyl sites for hydroxylation is 1. The zero-order valence-corrected chi connectivity index (χ0v) is 10.5. The van der Waals surface area contributed by atoms with Crippen LogP contribution in [-0.4, -0.2) is 31.8 Å². The van der Waals surface area contributed by atoms with Crippen LogP contribution in [0.2, 0.25) is 0 Å². The van der Waals surface area contributed by atoms with E-state index in [1.807, 2.05) is 6.20 Å². The number of nitrogens with zero attached hydrogens (tertiary/aromatic N) is 2. The number of nitrogens with one attached hydrogen (secondary N) is 1. The van der Waals surface area contributed by atoms with Crippen LogP contribution in [0.3, 0.4) is 0 Å². The van der Waals surface area contributed by atoms with Gasteiger partial charge in [0.1, 0.15) is 0 Å². The summed E-state index contributed by atoms with van der Waals surface area (Å²) in [4.78, 5) is 4.31. The molecule has 1 saturated carbocycles. The van der Waals surface area contributed by atoms with E-state index in [-0.39, 0.29) is 0 Å². The fourth-order valence-corrected chi connectivity index (χ4v) is 2.56. The Balaban J connectivity index is 1.92. The number of rotatable bonds is 5. The second-order valence-electron chi connectivity index (χ2n) is 4.35. The molecule has 0 aromatic carbocycles. The maximum absolute atomic E-state index is 11.1. The average molecular weight is 241 g/mol. The van der Waals surface area contributed by atoms with Crippen LogP contribution in [0.4, 0.5) is 5.95 Å². The Morgan fingerprint density at radius 3 is 3.00 bits per heavy atom. The Morgan fingerprint density at radius 2 is 2.31 bits per heavy atom. The largest absolute Gasteiger partial charge is 0.353 e. The highest BCUT2D eigenvalue weighted by molar-refractivity contribution is 7.84.